The highest BCUT2D eigenvalue weighted by Crippen LogP contribution is 2.09. The average Bonchev–Trinajstić information content (AvgIpc) is 2.74. The van der Waals surface area contributed by atoms with Gasteiger partial charge in [0.05, 0.1) is 6.04 Å². The van der Waals surface area contributed by atoms with Crippen LogP contribution < -0.4 is 10.9 Å². The molecular weight excluding hydrogens is 194 g/mol. The minimum absolute atomic E-state index is 0.0870. The highest BCUT2D eigenvalue weighted by Gasteiger charge is 2.09. The van der Waals surface area contributed by atoms with Crippen molar-refractivity contribution in [3.63, 3.8) is 0 Å². The van der Waals surface area contributed by atoms with Crippen LogP contribution in [-0.2, 0) is 0 Å². The fourth-order valence-corrected chi connectivity index (χ4v) is 1.24. The molecule has 2 aromatic rings. The summed E-state index contributed by atoms with van der Waals surface area (Å²) in [6.45, 7) is 1.90. The van der Waals surface area contributed by atoms with Crippen LogP contribution in [0.3, 0.4) is 0 Å². The van der Waals surface area contributed by atoms with Crippen LogP contribution in [0.2, 0.25) is 0 Å². The molecule has 0 aliphatic heterocycles. The number of aromatic nitrogens is 4. The van der Waals surface area contributed by atoms with Crippen molar-refractivity contribution in [3.05, 3.63) is 41.0 Å². The lowest BCUT2D eigenvalue weighted by atomic mass is 10.3. The van der Waals surface area contributed by atoms with Gasteiger partial charge in [-0.05, 0) is 6.92 Å². The van der Waals surface area contributed by atoms with E-state index in [1.807, 2.05) is 6.92 Å². The van der Waals surface area contributed by atoms with Crippen LogP contribution in [0, 0.1) is 0 Å². The molecule has 0 radical (unpaired) electrons. The Morgan fingerprint density at radius 3 is 2.67 bits per heavy atom. The van der Waals surface area contributed by atoms with Gasteiger partial charge in [0.2, 0.25) is 0 Å². The Morgan fingerprint density at radius 2 is 2.00 bits per heavy atom. The number of rotatable bonds is 3. The Hall–Kier alpha value is -2.11. The van der Waals surface area contributed by atoms with E-state index in [0.717, 1.165) is 5.82 Å². The lowest BCUT2D eigenvalue weighted by Crippen LogP contribution is -2.18. The van der Waals surface area contributed by atoms with E-state index < -0.39 is 0 Å². The highest BCUT2D eigenvalue weighted by atomic mass is 16.1. The zero-order chi connectivity index (χ0) is 10.7. The third kappa shape index (κ3) is 2.04. The van der Waals surface area contributed by atoms with Gasteiger partial charge in [-0.2, -0.15) is 0 Å². The number of nitrogens with zero attached hydrogens (tertiary/aromatic N) is 2. The SMILES string of the molecule is CC(Nc1ncc[nH]c1=O)c1ncc[nH]1. The Kier molecular flexibility index (Phi) is 2.49. The van der Waals surface area contributed by atoms with Crippen molar-refractivity contribution in [2.24, 2.45) is 0 Å². The maximum Gasteiger partial charge on any atom is 0.290 e. The fraction of sp³-hybridized carbons (Fsp3) is 0.222. The second kappa shape index (κ2) is 3.95. The van der Waals surface area contributed by atoms with Gasteiger partial charge in [0.15, 0.2) is 5.82 Å². The maximum atomic E-state index is 11.3. The van der Waals surface area contributed by atoms with Gasteiger partial charge < -0.3 is 15.3 Å². The van der Waals surface area contributed by atoms with Crippen LogP contribution in [0.1, 0.15) is 18.8 Å². The molecule has 0 aliphatic rings. The third-order valence-corrected chi connectivity index (χ3v) is 1.99. The summed E-state index contributed by atoms with van der Waals surface area (Å²) in [7, 11) is 0. The van der Waals surface area contributed by atoms with Gasteiger partial charge in [-0.25, -0.2) is 9.97 Å². The molecule has 1 atom stereocenters. The molecule has 0 saturated carbocycles. The van der Waals surface area contributed by atoms with Gasteiger partial charge in [-0.1, -0.05) is 0 Å². The molecule has 78 valence electrons. The number of aromatic amines is 2. The Labute approximate surface area is 85.8 Å². The first-order chi connectivity index (χ1) is 7.27. The lowest BCUT2D eigenvalue weighted by Gasteiger charge is -2.10. The summed E-state index contributed by atoms with van der Waals surface area (Å²) in [6.07, 6.45) is 6.41. The van der Waals surface area contributed by atoms with Crippen LogP contribution in [-0.4, -0.2) is 19.9 Å². The van der Waals surface area contributed by atoms with Crippen molar-refractivity contribution >= 4 is 5.82 Å². The topological polar surface area (TPSA) is 86.5 Å². The second-order valence-electron chi connectivity index (χ2n) is 3.11. The molecule has 3 N–H and O–H groups in total. The van der Waals surface area contributed by atoms with Crippen LogP contribution in [0.15, 0.2) is 29.6 Å². The molecule has 0 fully saturated rings. The molecule has 15 heavy (non-hydrogen) atoms. The van der Waals surface area contributed by atoms with E-state index in [-0.39, 0.29) is 11.6 Å². The van der Waals surface area contributed by atoms with Gasteiger partial charge in [0, 0.05) is 24.8 Å². The molecular formula is C9H11N5O. The Morgan fingerprint density at radius 1 is 1.27 bits per heavy atom. The summed E-state index contributed by atoms with van der Waals surface area (Å²) in [4.78, 5) is 24.8. The molecule has 2 rings (SSSR count). The molecule has 0 amide bonds. The second-order valence-corrected chi connectivity index (χ2v) is 3.11. The molecule has 2 aromatic heterocycles. The monoisotopic (exact) mass is 205 g/mol. The van der Waals surface area contributed by atoms with Crippen molar-refractivity contribution in [2.75, 3.05) is 5.32 Å². The fourth-order valence-electron chi connectivity index (χ4n) is 1.24. The first-order valence-electron chi connectivity index (χ1n) is 4.57. The largest absolute Gasteiger partial charge is 0.356 e. The number of H-pyrrole nitrogens is 2. The normalized spacial score (nSPS) is 12.3. The van der Waals surface area contributed by atoms with E-state index >= 15 is 0 Å². The molecule has 0 bridgehead atoms. The predicted octanol–water partition coefficient (Wildman–Crippen LogP) is 0.666. The first-order valence-corrected chi connectivity index (χ1v) is 4.57. The van der Waals surface area contributed by atoms with Gasteiger partial charge in [-0.3, -0.25) is 4.79 Å². The van der Waals surface area contributed by atoms with E-state index in [9.17, 15) is 4.79 Å². The van der Waals surface area contributed by atoms with Gasteiger partial charge in [0.25, 0.3) is 5.56 Å². The Bertz CT molecular complexity index is 475. The van der Waals surface area contributed by atoms with E-state index in [1.54, 1.807) is 12.4 Å². The van der Waals surface area contributed by atoms with Crippen LogP contribution >= 0.6 is 0 Å². The zero-order valence-electron chi connectivity index (χ0n) is 8.19. The van der Waals surface area contributed by atoms with Crippen LogP contribution in [0.25, 0.3) is 0 Å². The van der Waals surface area contributed by atoms with Crippen molar-refractivity contribution < 1.29 is 0 Å². The van der Waals surface area contributed by atoms with Gasteiger partial charge in [0.1, 0.15) is 5.82 Å². The maximum absolute atomic E-state index is 11.3. The predicted molar refractivity (Wildman–Crippen MR) is 55.5 cm³/mol. The van der Waals surface area contributed by atoms with E-state index in [4.69, 9.17) is 0 Å². The summed E-state index contributed by atoms with van der Waals surface area (Å²) in [5.74, 6) is 1.06. The molecule has 0 saturated heterocycles. The molecule has 0 aliphatic carbocycles. The standard InChI is InChI=1S/C9H11N5O/c1-6(7-10-2-3-11-7)14-8-9(15)13-5-4-12-8/h2-6H,1H3,(H,10,11)(H,12,14)(H,13,15). The molecule has 6 nitrogen and oxygen atoms in total. The first kappa shape index (κ1) is 9.45. The minimum Gasteiger partial charge on any atom is -0.356 e. The summed E-state index contributed by atoms with van der Waals surface area (Å²) in [5, 5.41) is 2.96. The highest BCUT2D eigenvalue weighted by molar-refractivity contribution is 5.32. The van der Waals surface area contributed by atoms with Crippen molar-refractivity contribution in [1.82, 2.24) is 19.9 Å². The molecule has 0 aromatic carbocycles. The van der Waals surface area contributed by atoms with E-state index in [0.29, 0.717) is 5.82 Å². The van der Waals surface area contributed by atoms with Gasteiger partial charge in [-0.15, -0.1) is 0 Å². The van der Waals surface area contributed by atoms with E-state index in [2.05, 4.69) is 25.3 Å². The number of hydrogen-bond acceptors (Lipinski definition) is 4. The third-order valence-electron chi connectivity index (χ3n) is 1.99. The Balaban J connectivity index is 2.16. The van der Waals surface area contributed by atoms with Crippen LogP contribution in [0.5, 0.6) is 0 Å². The number of imidazole rings is 1. The van der Waals surface area contributed by atoms with Crippen molar-refractivity contribution in [3.8, 4) is 0 Å². The zero-order valence-corrected chi connectivity index (χ0v) is 8.19. The van der Waals surface area contributed by atoms with Crippen molar-refractivity contribution in [1.29, 1.82) is 0 Å². The molecule has 6 heteroatoms. The summed E-state index contributed by atoms with van der Waals surface area (Å²) < 4.78 is 0. The van der Waals surface area contributed by atoms with Gasteiger partial charge >= 0.3 is 0 Å². The number of hydrogen-bond donors (Lipinski definition) is 3. The average molecular weight is 205 g/mol. The summed E-state index contributed by atoms with van der Waals surface area (Å²) in [6, 6.07) is -0.0870. The number of nitrogens with one attached hydrogen (secondary N) is 3. The summed E-state index contributed by atoms with van der Waals surface area (Å²) >= 11 is 0. The molecule has 2 heterocycles. The number of anilines is 1. The lowest BCUT2D eigenvalue weighted by molar-refractivity contribution is 0.799. The quantitative estimate of drug-likeness (QED) is 0.687. The summed E-state index contributed by atoms with van der Waals surface area (Å²) in [5.41, 5.74) is -0.240. The van der Waals surface area contributed by atoms with Crippen molar-refractivity contribution in [2.45, 2.75) is 13.0 Å². The molecule has 1 unspecified atom stereocenters. The van der Waals surface area contributed by atoms with E-state index in [1.165, 1.54) is 12.4 Å². The molecule has 0 spiro atoms. The van der Waals surface area contributed by atoms with Crippen LogP contribution in [0.4, 0.5) is 5.82 Å². The minimum atomic E-state index is -0.240. The smallest absolute Gasteiger partial charge is 0.290 e.